The highest BCUT2D eigenvalue weighted by molar-refractivity contribution is 6.31. The first-order chi connectivity index (χ1) is 9.49. The minimum absolute atomic E-state index is 0.0633. The Morgan fingerprint density at radius 3 is 2.55 bits per heavy atom. The summed E-state index contributed by atoms with van der Waals surface area (Å²) in [7, 11) is 0. The third kappa shape index (κ3) is 4.71. The molecule has 0 aliphatic heterocycles. The molecular formula is C16H25ClN2O. The number of nitrogens with one attached hydrogen (secondary N) is 2. The van der Waals surface area contributed by atoms with Gasteiger partial charge in [0.1, 0.15) is 0 Å². The smallest absolute Gasteiger partial charge is 0.253 e. The van der Waals surface area contributed by atoms with Gasteiger partial charge in [-0.2, -0.15) is 0 Å². The van der Waals surface area contributed by atoms with Crippen LogP contribution in [0.1, 0.15) is 50.9 Å². The lowest BCUT2D eigenvalue weighted by Crippen LogP contribution is -2.38. The van der Waals surface area contributed by atoms with Crippen molar-refractivity contribution in [3.63, 3.8) is 0 Å². The predicted octanol–water partition coefficient (Wildman–Crippen LogP) is 4.33. The van der Waals surface area contributed by atoms with Crippen LogP contribution in [-0.4, -0.2) is 18.5 Å². The third-order valence-corrected chi connectivity index (χ3v) is 3.59. The number of hydrogen-bond donors (Lipinski definition) is 2. The molecule has 0 radical (unpaired) electrons. The molecule has 1 aromatic rings. The number of hydrogen-bond acceptors (Lipinski definition) is 2. The van der Waals surface area contributed by atoms with Gasteiger partial charge in [-0.1, -0.05) is 39.3 Å². The molecule has 4 heteroatoms. The second-order valence-electron chi connectivity index (χ2n) is 5.35. The van der Waals surface area contributed by atoms with E-state index in [0.29, 0.717) is 16.5 Å². The largest absolute Gasteiger partial charge is 0.384 e. The lowest BCUT2D eigenvalue weighted by molar-refractivity contribution is 0.0925. The Hall–Kier alpha value is -1.22. The fourth-order valence-corrected chi connectivity index (χ4v) is 2.28. The maximum absolute atomic E-state index is 12.4. The van der Waals surface area contributed by atoms with Crippen molar-refractivity contribution in [1.82, 2.24) is 5.32 Å². The Labute approximate surface area is 127 Å². The van der Waals surface area contributed by atoms with Crippen molar-refractivity contribution in [3.8, 4) is 0 Å². The molecule has 0 bridgehead atoms. The van der Waals surface area contributed by atoms with Gasteiger partial charge < -0.3 is 10.6 Å². The maximum atomic E-state index is 12.4. The summed E-state index contributed by atoms with van der Waals surface area (Å²) in [6, 6.07) is 5.57. The highest BCUT2D eigenvalue weighted by atomic mass is 35.5. The van der Waals surface area contributed by atoms with E-state index in [1.807, 2.05) is 6.07 Å². The van der Waals surface area contributed by atoms with Crippen LogP contribution in [0.4, 0.5) is 5.69 Å². The summed E-state index contributed by atoms with van der Waals surface area (Å²) < 4.78 is 0. The van der Waals surface area contributed by atoms with E-state index in [9.17, 15) is 4.79 Å². The first-order valence-electron chi connectivity index (χ1n) is 7.33. The van der Waals surface area contributed by atoms with Gasteiger partial charge in [-0.25, -0.2) is 0 Å². The van der Waals surface area contributed by atoms with Crippen molar-refractivity contribution in [3.05, 3.63) is 28.8 Å². The van der Waals surface area contributed by atoms with Gasteiger partial charge in [-0.05, 0) is 37.0 Å². The van der Waals surface area contributed by atoms with Crippen LogP contribution in [0.15, 0.2) is 18.2 Å². The standard InChI is InChI=1S/C16H25ClN2O/c1-5-9-18-15-8-7-12(17)10-13(15)16(20)19-14(6-2)11(3)4/h7-8,10-11,14,18H,5-6,9H2,1-4H3,(H,19,20). The van der Waals surface area contributed by atoms with Gasteiger partial charge >= 0.3 is 0 Å². The predicted molar refractivity (Wildman–Crippen MR) is 86.6 cm³/mol. The Morgan fingerprint density at radius 2 is 2.00 bits per heavy atom. The highest BCUT2D eigenvalue weighted by Gasteiger charge is 2.18. The summed E-state index contributed by atoms with van der Waals surface area (Å²) >= 11 is 6.02. The van der Waals surface area contributed by atoms with Gasteiger partial charge in [0.15, 0.2) is 0 Å². The van der Waals surface area contributed by atoms with Crippen molar-refractivity contribution in [2.75, 3.05) is 11.9 Å². The number of carbonyl (C=O) groups excluding carboxylic acids is 1. The van der Waals surface area contributed by atoms with Crippen molar-refractivity contribution in [2.24, 2.45) is 5.92 Å². The Kier molecular flexibility index (Phi) is 6.86. The fraction of sp³-hybridized carbons (Fsp3) is 0.562. The SMILES string of the molecule is CCCNc1ccc(Cl)cc1C(=O)NC(CC)C(C)C. The van der Waals surface area contributed by atoms with E-state index in [1.54, 1.807) is 12.1 Å². The van der Waals surface area contributed by atoms with Gasteiger partial charge in [0, 0.05) is 23.3 Å². The zero-order chi connectivity index (χ0) is 15.1. The lowest BCUT2D eigenvalue weighted by Gasteiger charge is -2.21. The number of amides is 1. The van der Waals surface area contributed by atoms with E-state index in [-0.39, 0.29) is 11.9 Å². The molecule has 0 heterocycles. The second-order valence-corrected chi connectivity index (χ2v) is 5.79. The molecule has 0 aromatic heterocycles. The molecule has 1 amide bonds. The minimum Gasteiger partial charge on any atom is -0.384 e. The van der Waals surface area contributed by atoms with Crippen molar-refractivity contribution in [1.29, 1.82) is 0 Å². The number of anilines is 1. The fourth-order valence-electron chi connectivity index (χ4n) is 2.10. The monoisotopic (exact) mass is 296 g/mol. The maximum Gasteiger partial charge on any atom is 0.253 e. The molecule has 1 rings (SSSR count). The molecule has 0 saturated carbocycles. The van der Waals surface area contributed by atoms with Crippen LogP contribution < -0.4 is 10.6 Å². The normalized spacial score (nSPS) is 12.3. The van der Waals surface area contributed by atoms with Gasteiger partial charge in [-0.15, -0.1) is 0 Å². The lowest BCUT2D eigenvalue weighted by atomic mass is 10.0. The molecule has 1 unspecified atom stereocenters. The Bertz CT molecular complexity index is 446. The minimum atomic E-state index is -0.0633. The Morgan fingerprint density at radius 1 is 1.30 bits per heavy atom. The van der Waals surface area contributed by atoms with E-state index in [1.165, 1.54) is 0 Å². The highest BCUT2D eigenvalue weighted by Crippen LogP contribution is 2.21. The van der Waals surface area contributed by atoms with Gasteiger partial charge in [-0.3, -0.25) is 4.79 Å². The van der Waals surface area contributed by atoms with Crippen LogP contribution in [0.5, 0.6) is 0 Å². The molecule has 0 aliphatic carbocycles. The van der Waals surface area contributed by atoms with E-state index < -0.39 is 0 Å². The molecule has 0 saturated heterocycles. The summed E-state index contributed by atoms with van der Waals surface area (Å²) in [5.74, 6) is 0.349. The number of benzene rings is 1. The summed E-state index contributed by atoms with van der Waals surface area (Å²) in [4.78, 5) is 12.4. The zero-order valence-corrected chi connectivity index (χ0v) is 13.6. The van der Waals surface area contributed by atoms with E-state index in [2.05, 4.69) is 38.3 Å². The van der Waals surface area contributed by atoms with Crippen LogP contribution in [0, 0.1) is 5.92 Å². The third-order valence-electron chi connectivity index (χ3n) is 3.35. The van der Waals surface area contributed by atoms with Crippen LogP contribution >= 0.6 is 11.6 Å². The summed E-state index contributed by atoms with van der Waals surface area (Å²) in [5, 5.41) is 6.94. The molecule has 112 valence electrons. The Balaban J connectivity index is 2.92. The van der Waals surface area contributed by atoms with Crippen molar-refractivity contribution >= 4 is 23.2 Å². The van der Waals surface area contributed by atoms with Crippen LogP contribution in [0.2, 0.25) is 5.02 Å². The molecule has 0 aliphatic rings. The summed E-state index contributed by atoms with van der Waals surface area (Å²) in [5.41, 5.74) is 1.46. The van der Waals surface area contributed by atoms with E-state index >= 15 is 0 Å². The average molecular weight is 297 g/mol. The molecular weight excluding hydrogens is 272 g/mol. The molecule has 20 heavy (non-hydrogen) atoms. The quantitative estimate of drug-likeness (QED) is 0.786. The van der Waals surface area contributed by atoms with Crippen LogP contribution in [0.3, 0.4) is 0 Å². The van der Waals surface area contributed by atoms with Crippen LogP contribution in [-0.2, 0) is 0 Å². The molecule has 2 N–H and O–H groups in total. The molecule has 1 aromatic carbocycles. The summed E-state index contributed by atoms with van der Waals surface area (Å²) in [6.45, 7) is 9.24. The topological polar surface area (TPSA) is 41.1 Å². The van der Waals surface area contributed by atoms with Gasteiger partial charge in [0.2, 0.25) is 0 Å². The van der Waals surface area contributed by atoms with E-state index in [4.69, 9.17) is 11.6 Å². The number of rotatable bonds is 7. The van der Waals surface area contributed by atoms with Gasteiger partial charge in [0.25, 0.3) is 5.91 Å². The average Bonchev–Trinajstić information content (AvgIpc) is 2.42. The van der Waals surface area contributed by atoms with Crippen molar-refractivity contribution in [2.45, 2.75) is 46.6 Å². The van der Waals surface area contributed by atoms with Crippen LogP contribution in [0.25, 0.3) is 0 Å². The van der Waals surface area contributed by atoms with E-state index in [0.717, 1.165) is 25.1 Å². The first kappa shape index (κ1) is 16.8. The summed E-state index contributed by atoms with van der Waals surface area (Å²) in [6.07, 6.45) is 1.93. The number of halogens is 1. The number of carbonyl (C=O) groups is 1. The van der Waals surface area contributed by atoms with Gasteiger partial charge in [0.05, 0.1) is 5.56 Å². The second kappa shape index (κ2) is 8.15. The molecule has 1 atom stereocenters. The van der Waals surface area contributed by atoms with Crippen molar-refractivity contribution < 1.29 is 4.79 Å². The first-order valence-corrected chi connectivity index (χ1v) is 7.71. The molecule has 3 nitrogen and oxygen atoms in total. The zero-order valence-electron chi connectivity index (χ0n) is 12.8. The molecule has 0 fully saturated rings. The molecule has 0 spiro atoms.